The van der Waals surface area contributed by atoms with Crippen LogP contribution in [-0.2, 0) is 16.1 Å². The van der Waals surface area contributed by atoms with E-state index in [1.807, 2.05) is 76.2 Å². The number of nitrogens with zero attached hydrogens (tertiary/aromatic N) is 1. The Balaban J connectivity index is 2.19. The van der Waals surface area contributed by atoms with Crippen molar-refractivity contribution in [2.24, 2.45) is 0 Å². The second kappa shape index (κ2) is 10.1. The molecule has 0 radical (unpaired) electrons. The summed E-state index contributed by atoms with van der Waals surface area (Å²) in [5.41, 5.74) is 1.52. The minimum Gasteiger partial charge on any atom is -0.497 e. The van der Waals surface area contributed by atoms with Crippen LogP contribution in [0.1, 0.15) is 38.8 Å². The van der Waals surface area contributed by atoms with E-state index in [1.54, 1.807) is 14.0 Å². The molecular formula is C24H32N2O4. The number of hydrogen-bond donors (Lipinski definition) is 1. The first kappa shape index (κ1) is 23.3. The van der Waals surface area contributed by atoms with E-state index in [0.717, 1.165) is 11.1 Å². The molecule has 1 atom stereocenters. The Kier molecular flexibility index (Phi) is 7.86. The standard InChI is InChI=1S/C24H32N2O4/c1-17-9-7-12-21(13-17)30-16-22(27)26(18(2)23(28)25-24(3,4)5)15-19-10-8-11-20(14-19)29-6/h7-14,18H,15-16H2,1-6H3,(H,25,28). The number of hydrogen-bond acceptors (Lipinski definition) is 4. The number of nitrogens with one attached hydrogen (secondary N) is 1. The third-order valence-electron chi connectivity index (χ3n) is 4.50. The summed E-state index contributed by atoms with van der Waals surface area (Å²) >= 11 is 0. The first-order valence-corrected chi connectivity index (χ1v) is 10.0. The van der Waals surface area contributed by atoms with Crippen LogP contribution in [0.2, 0.25) is 0 Å². The highest BCUT2D eigenvalue weighted by molar-refractivity contribution is 5.88. The Morgan fingerprint density at radius 3 is 2.37 bits per heavy atom. The summed E-state index contributed by atoms with van der Waals surface area (Å²) in [5, 5.41) is 2.95. The molecule has 1 unspecified atom stereocenters. The van der Waals surface area contributed by atoms with Crippen molar-refractivity contribution in [1.29, 1.82) is 0 Å². The first-order chi connectivity index (χ1) is 14.1. The molecule has 2 aromatic carbocycles. The van der Waals surface area contributed by atoms with E-state index in [4.69, 9.17) is 9.47 Å². The van der Waals surface area contributed by atoms with Crippen LogP contribution in [0.3, 0.4) is 0 Å². The molecule has 0 aliphatic rings. The third kappa shape index (κ3) is 7.10. The van der Waals surface area contributed by atoms with E-state index in [1.165, 1.54) is 4.90 Å². The van der Waals surface area contributed by atoms with Gasteiger partial charge in [0.1, 0.15) is 17.5 Å². The number of carbonyl (C=O) groups excluding carboxylic acids is 2. The van der Waals surface area contributed by atoms with Crippen molar-refractivity contribution in [3.63, 3.8) is 0 Å². The van der Waals surface area contributed by atoms with Crippen LogP contribution in [0.5, 0.6) is 11.5 Å². The van der Waals surface area contributed by atoms with Gasteiger partial charge in [-0.15, -0.1) is 0 Å². The molecule has 0 bridgehead atoms. The molecule has 0 spiro atoms. The zero-order valence-electron chi connectivity index (χ0n) is 18.7. The van der Waals surface area contributed by atoms with Crippen molar-refractivity contribution in [2.45, 2.75) is 52.7 Å². The molecule has 0 saturated heterocycles. The summed E-state index contributed by atoms with van der Waals surface area (Å²) in [5.74, 6) is 0.837. The summed E-state index contributed by atoms with van der Waals surface area (Å²) < 4.78 is 11.0. The summed E-state index contributed by atoms with van der Waals surface area (Å²) in [6.45, 7) is 9.53. The number of benzene rings is 2. The quantitative estimate of drug-likeness (QED) is 0.718. The van der Waals surface area contributed by atoms with Gasteiger partial charge in [0.15, 0.2) is 6.61 Å². The average molecular weight is 413 g/mol. The number of ether oxygens (including phenoxy) is 2. The van der Waals surface area contributed by atoms with Crippen LogP contribution in [0.15, 0.2) is 48.5 Å². The van der Waals surface area contributed by atoms with Crippen LogP contribution in [0.4, 0.5) is 0 Å². The number of methoxy groups -OCH3 is 1. The molecule has 2 aromatic rings. The van der Waals surface area contributed by atoms with Crippen molar-refractivity contribution >= 4 is 11.8 Å². The number of amides is 2. The Hall–Kier alpha value is -3.02. The zero-order chi connectivity index (χ0) is 22.3. The SMILES string of the molecule is COc1cccc(CN(C(=O)COc2cccc(C)c2)C(C)C(=O)NC(C)(C)C)c1. The Morgan fingerprint density at radius 2 is 1.73 bits per heavy atom. The fraction of sp³-hybridized carbons (Fsp3) is 0.417. The largest absolute Gasteiger partial charge is 0.497 e. The summed E-state index contributed by atoms with van der Waals surface area (Å²) in [4.78, 5) is 27.4. The lowest BCUT2D eigenvalue weighted by Crippen LogP contribution is -2.53. The van der Waals surface area contributed by atoms with Crippen molar-refractivity contribution in [2.75, 3.05) is 13.7 Å². The molecule has 0 aliphatic heterocycles. The van der Waals surface area contributed by atoms with Crippen LogP contribution >= 0.6 is 0 Å². The highest BCUT2D eigenvalue weighted by Gasteiger charge is 2.28. The molecule has 6 nitrogen and oxygen atoms in total. The van der Waals surface area contributed by atoms with Gasteiger partial charge in [-0.1, -0.05) is 24.3 Å². The van der Waals surface area contributed by atoms with Crippen molar-refractivity contribution in [3.05, 3.63) is 59.7 Å². The van der Waals surface area contributed by atoms with E-state index < -0.39 is 11.6 Å². The monoisotopic (exact) mass is 412 g/mol. The van der Waals surface area contributed by atoms with E-state index in [2.05, 4.69) is 5.32 Å². The van der Waals surface area contributed by atoms with Crippen LogP contribution in [-0.4, -0.2) is 42.0 Å². The molecule has 162 valence electrons. The van der Waals surface area contributed by atoms with Gasteiger partial charge in [0.2, 0.25) is 5.91 Å². The Bertz CT molecular complexity index is 874. The van der Waals surface area contributed by atoms with Crippen molar-refractivity contribution in [3.8, 4) is 11.5 Å². The predicted octanol–water partition coefficient (Wildman–Crippen LogP) is 3.71. The van der Waals surface area contributed by atoms with Crippen molar-refractivity contribution in [1.82, 2.24) is 10.2 Å². The molecule has 2 amide bonds. The molecular weight excluding hydrogens is 380 g/mol. The van der Waals surface area contributed by atoms with Crippen LogP contribution in [0.25, 0.3) is 0 Å². The van der Waals surface area contributed by atoms with Gasteiger partial charge in [-0.3, -0.25) is 9.59 Å². The fourth-order valence-corrected chi connectivity index (χ4v) is 2.96. The lowest BCUT2D eigenvalue weighted by atomic mass is 10.1. The molecule has 0 aliphatic carbocycles. The van der Waals surface area contributed by atoms with Gasteiger partial charge in [0, 0.05) is 12.1 Å². The molecule has 30 heavy (non-hydrogen) atoms. The highest BCUT2D eigenvalue weighted by Crippen LogP contribution is 2.18. The maximum absolute atomic E-state index is 13.1. The molecule has 2 rings (SSSR count). The summed E-state index contributed by atoms with van der Waals surface area (Å²) in [7, 11) is 1.59. The van der Waals surface area contributed by atoms with Crippen molar-refractivity contribution < 1.29 is 19.1 Å². The van der Waals surface area contributed by atoms with Gasteiger partial charge in [0.05, 0.1) is 7.11 Å². The molecule has 0 fully saturated rings. The lowest BCUT2D eigenvalue weighted by molar-refractivity contribution is -0.142. The van der Waals surface area contributed by atoms with Crippen LogP contribution in [0, 0.1) is 6.92 Å². The highest BCUT2D eigenvalue weighted by atomic mass is 16.5. The molecule has 0 heterocycles. The lowest BCUT2D eigenvalue weighted by Gasteiger charge is -2.31. The second-order valence-electron chi connectivity index (χ2n) is 8.39. The Labute approximate surface area is 179 Å². The van der Waals surface area contributed by atoms with Gasteiger partial charge in [-0.2, -0.15) is 0 Å². The van der Waals surface area contributed by atoms with Gasteiger partial charge >= 0.3 is 0 Å². The normalized spacial score (nSPS) is 12.1. The van der Waals surface area contributed by atoms with Gasteiger partial charge in [-0.25, -0.2) is 0 Å². The average Bonchev–Trinajstić information content (AvgIpc) is 2.68. The van der Waals surface area contributed by atoms with E-state index >= 15 is 0 Å². The first-order valence-electron chi connectivity index (χ1n) is 10.0. The molecule has 1 N–H and O–H groups in total. The van der Waals surface area contributed by atoms with E-state index in [9.17, 15) is 9.59 Å². The second-order valence-corrected chi connectivity index (χ2v) is 8.39. The topological polar surface area (TPSA) is 67.9 Å². The smallest absolute Gasteiger partial charge is 0.261 e. The molecule has 0 aromatic heterocycles. The van der Waals surface area contributed by atoms with Gasteiger partial charge < -0.3 is 19.7 Å². The minimum absolute atomic E-state index is 0.152. The third-order valence-corrected chi connectivity index (χ3v) is 4.50. The molecule has 0 saturated carbocycles. The number of carbonyl (C=O) groups is 2. The van der Waals surface area contributed by atoms with E-state index in [0.29, 0.717) is 11.5 Å². The maximum Gasteiger partial charge on any atom is 0.261 e. The number of rotatable bonds is 8. The summed E-state index contributed by atoms with van der Waals surface area (Å²) in [6, 6.07) is 14.3. The van der Waals surface area contributed by atoms with E-state index in [-0.39, 0.29) is 25.0 Å². The van der Waals surface area contributed by atoms with Crippen LogP contribution < -0.4 is 14.8 Å². The van der Waals surface area contributed by atoms with Gasteiger partial charge in [-0.05, 0) is 70.0 Å². The van der Waals surface area contributed by atoms with Gasteiger partial charge in [0.25, 0.3) is 5.91 Å². The minimum atomic E-state index is -0.663. The number of aryl methyl sites for hydroxylation is 1. The summed E-state index contributed by atoms with van der Waals surface area (Å²) in [6.07, 6.45) is 0. The Morgan fingerprint density at radius 1 is 1.07 bits per heavy atom. The fourth-order valence-electron chi connectivity index (χ4n) is 2.96. The molecule has 6 heteroatoms. The zero-order valence-corrected chi connectivity index (χ0v) is 18.7. The maximum atomic E-state index is 13.1. The predicted molar refractivity (Wildman–Crippen MR) is 118 cm³/mol.